The van der Waals surface area contributed by atoms with E-state index in [9.17, 15) is 4.39 Å². The number of halogens is 2. The van der Waals surface area contributed by atoms with Gasteiger partial charge in [-0.3, -0.25) is 0 Å². The monoisotopic (exact) mass is 404 g/mol. The third-order valence-corrected chi connectivity index (χ3v) is 5.55. The van der Waals surface area contributed by atoms with Gasteiger partial charge in [0.1, 0.15) is 5.82 Å². The Morgan fingerprint density at radius 2 is 1.86 bits per heavy atom. The molecule has 4 aromatic rings. The average Bonchev–Trinajstić information content (AvgIpc) is 3.04. The molecule has 2 nitrogen and oxygen atoms in total. The van der Waals surface area contributed by atoms with Crippen LogP contribution < -0.4 is 0 Å². The molecule has 1 aromatic heterocycles. The maximum atomic E-state index is 14.4. The Labute approximate surface area is 175 Å². The van der Waals surface area contributed by atoms with E-state index in [1.165, 1.54) is 17.2 Å². The van der Waals surface area contributed by atoms with Crippen molar-refractivity contribution in [1.82, 2.24) is 9.78 Å². The Kier molecular flexibility index (Phi) is 5.25. The van der Waals surface area contributed by atoms with Crippen molar-refractivity contribution in [3.63, 3.8) is 0 Å². The number of hydrogen-bond donors (Lipinski definition) is 0. The first kappa shape index (κ1) is 19.4. The van der Waals surface area contributed by atoms with Crippen molar-refractivity contribution >= 4 is 28.1 Å². The van der Waals surface area contributed by atoms with Crippen LogP contribution in [0.2, 0.25) is 5.15 Å². The van der Waals surface area contributed by atoms with Crippen LogP contribution in [0.15, 0.2) is 73.3 Å². The highest BCUT2D eigenvalue weighted by molar-refractivity contribution is 6.34. The lowest BCUT2D eigenvalue weighted by atomic mass is 9.93. The van der Waals surface area contributed by atoms with Crippen molar-refractivity contribution in [3.8, 4) is 5.69 Å². The number of hydrogen-bond acceptors (Lipinski definition) is 1. The van der Waals surface area contributed by atoms with Crippen LogP contribution in [0.5, 0.6) is 0 Å². The van der Waals surface area contributed by atoms with Crippen molar-refractivity contribution in [1.29, 1.82) is 0 Å². The van der Waals surface area contributed by atoms with Gasteiger partial charge in [0.25, 0.3) is 0 Å². The first-order chi connectivity index (χ1) is 13.9. The average molecular weight is 405 g/mol. The summed E-state index contributed by atoms with van der Waals surface area (Å²) in [6.45, 7) is 7.82. The summed E-state index contributed by atoms with van der Waals surface area (Å²) >= 11 is 6.43. The third-order valence-electron chi connectivity index (χ3n) is 5.27. The van der Waals surface area contributed by atoms with Gasteiger partial charge in [-0.15, -0.1) is 0 Å². The number of rotatable bonds is 5. The van der Waals surface area contributed by atoms with E-state index in [1.807, 2.05) is 18.2 Å². The van der Waals surface area contributed by atoms with Crippen LogP contribution in [0.25, 0.3) is 22.2 Å². The van der Waals surface area contributed by atoms with Gasteiger partial charge < -0.3 is 0 Å². The van der Waals surface area contributed by atoms with Crippen LogP contribution in [0.1, 0.15) is 36.5 Å². The molecule has 146 valence electrons. The van der Waals surface area contributed by atoms with Gasteiger partial charge in [0, 0.05) is 17.0 Å². The van der Waals surface area contributed by atoms with Gasteiger partial charge in [-0.25, -0.2) is 9.07 Å². The van der Waals surface area contributed by atoms with Crippen molar-refractivity contribution in [3.05, 3.63) is 101 Å². The van der Waals surface area contributed by atoms with Gasteiger partial charge in [-0.2, -0.15) is 5.10 Å². The van der Waals surface area contributed by atoms with E-state index in [-0.39, 0.29) is 5.82 Å². The summed E-state index contributed by atoms with van der Waals surface area (Å²) in [5.74, 6) is 0.0781. The lowest BCUT2D eigenvalue weighted by Crippen LogP contribution is -1.99. The van der Waals surface area contributed by atoms with Gasteiger partial charge in [-0.1, -0.05) is 61.5 Å². The number of fused-ring (bicyclic) bond motifs is 1. The van der Waals surface area contributed by atoms with Gasteiger partial charge in [0.15, 0.2) is 5.15 Å². The number of benzene rings is 3. The minimum absolute atomic E-state index is 0.317. The zero-order valence-electron chi connectivity index (χ0n) is 16.5. The van der Waals surface area contributed by atoms with Gasteiger partial charge >= 0.3 is 0 Å². The van der Waals surface area contributed by atoms with Crippen LogP contribution in [0.4, 0.5) is 4.39 Å². The fourth-order valence-electron chi connectivity index (χ4n) is 3.69. The first-order valence-electron chi connectivity index (χ1n) is 9.62. The highest BCUT2D eigenvalue weighted by Crippen LogP contribution is 2.30. The second-order valence-corrected chi connectivity index (χ2v) is 7.87. The summed E-state index contributed by atoms with van der Waals surface area (Å²) in [7, 11) is 0. The Morgan fingerprint density at radius 3 is 2.55 bits per heavy atom. The maximum Gasteiger partial charge on any atom is 0.159 e. The van der Waals surface area contributed by atoms with Crippen molar-refractivity contribution in [2.45, 2.75) is 26.2 Å². The van der Waals surface area contributed by atoms with E-state index in [0.717, 1.165) is 17.3 Å². The molecule has 0 N–H and O–H groups in total. The zero-order chi connectivity index (χ0) is 20.5. The lowest BCUT2D eigenvalue weighted by Gasteiger charge is -2.12. The SMILES string of the molecule is C=C(C)c1ccc(-n2nc(Cl)c3cc(CC(C)c4ccccc4)ccc32)cc1F. The summed E-state index contributed by atoms with van der Waals surface area (Å²) in [4.78, 5) is 0. The molecule has 0 amide bonds. The lowest BCUT2D eigenvalue weighted by molar-refractivity contribution is 0.622. The second-order valence-electron chi connectivity index (χ2n) is 7.51. The molecule has 0 bridgehead atoms. The number of nitrogens with zero attached hydrogens (tertiary/aromatic N) is 2. The van der Waals surface area contributed by atoms with E-state index < -0.39 is 0 Å². The molecule has 0 aliphatic carbocycles. The molecule has 0 saturated carbocycles. The summed E-state index contributed by atoms with van der Waals surface area (Å²) in [6, 6.07) is 21.7. The third kappa shape index (κ3) is 3.83. The van der Waals surface area contributed by atoms with Crippen molar-refractivity contribution in [2.75, 3.05) is 0 Å². The van der Waals surface area contributed by atoms with Gasteiger partial charge in [-0.05, 0) is 60.2 Å². The molecule has 0 aliphatic rings. The Hall–Kier alpha value is -2.91. The largest absolute Gasteiger partial charge is 0.231 e. The standard InChI is InChI=1S/C25H22ClFN2/c1-16(2)21-11-10-20(15-23(21)27)29-24-12-9-18(14-22(24)25(26)28-29)13-17(3)19-7-5-4-6-8-19/h4-12,14-15,17H,1,13H2,2-3H3. The fraction of sp³-hybridized carbons (Fsp3) is 0.160. The van der Waals surface area contributed by atoms with E-state index >= 15 is 0 Å². The zero-order valence-corrected chi connectivity index (χ0v) is 17.2. The Morgan fingerprint density at radius 1 is 1.10 bits per heavy atom. The molecule has 0 radical (unpaired) electrons. The summed E-state index contributed by atoms with van der Waals surface area (Å²) in [5.41, 5.74) is 5.19. The molecule has 29 heavy (non-hydrogen) atoms. The van der Waals surface area contributed by atoms with Crippen molar-refractivity contribution in [2.24, 2.45) is 0 Å². The van der Waals surface area contributed by atoms with Crippen molar-refractivity contribution < 1.29 is 4.39 Å². The van der Waals surface area contributed by atoms with Gasteiger partial charge in [0.05, 0.1) is 11.2 Å². The highest BCUT2D eigenvalue weighted by atomic mass is 35.5. The molecule has 0 saturated heterocycles. The molecular weight excluding hydrogens is 383 g/mol. The Bertz CT molecular complexity index is 1190. The molecule has 1 heterocycles. The first-order valence-corrected chi connectivity index (χ1v) is 9.99. The molecule has 0 aliphatic heterocycles. The normalized spacial score (nSPS) is 12.3. The maximum absolute atomic E-state index is 14.4. The highest BCUT2D eigenvalue weighted by Gasteiger charge is 2.14. The number of aromatic nitrogens is 2. The van der Waals surface area contributed by atoms with E-state index in [0.29, 0.717) is 27.9 Å². The topological polar surface area (TPSA) is 17.8 Å². The van der Waals surface area contributed by atoms with Crippen LogP contribution in [-0.2, 0) is 6.42 Å². The molecule has 0 spiro atoms. The van der Waals surface area contributed by atoms with Crippen LogP contribution in [0, 0.1) is 5.82 Å². The molecular formula is C25H22ClFN2. The minimum Gasteiger partial charge on any atom is -0.231 e. The van der Waals surface area contributed by atoms with E-state index in [2.05, 4.69) is 55.0 Å². The second kappa shape index (κ2) is 7.84. The molecule has 4 heteroatoms. The molecule has 3 aromatic carbocycles. The molecule has 0 fully saturated rings. The van der Waals surface area contributed by atoms with Crippen LogP contribution in [-0.4, -0.2) is 9.78 Å². The quantitative estimate of drug-likeness (QED) is 0.344. The predicted octanol–water partition coefficient (Wildman–Crippen LogP) is 7.20. The summed E-state index contributed by atoms with van der Waals surface area (Å²) in [6.07, 6.45) is 0.906. The van der Waals surface area contributed by atoms with Gasteiger partial charge in [0.2, 0.25) is 0 Å². The van der Waals surface area contributed by atoms with Crippen LogP contribution in [0.3, 0.4) is 0 Å². The van der Waals surface area contributed by atoms with E-state index in [1.54, 1.807) is 17.7 Å². The smallest absolute Gasteiger partial charge is 0.159 e. The van der Waals surface area contributed by atoms with E-state index in [4.69, 9.17) is 11.6 Å². The summed E-state index contributed by atoms with van der Waals surface area (Å²) in [5, 5.41) is 5.73. The van der Waals surface area contributed by atoms with Crippen LogP contribution >= 0.6 is 11.6 Å². The number of allylic oxidation sites excluding steroid dienone is 1. The minimum atomic E-state index is -0.317. The Balaban J connectivity index is 1.69. The molecule has 4 rings (SSSR count). The molecule has 1 unspecified atom stereocenters. The molecule has 1 atom stereocenters. The predicted molar refractivity (Wildman–Crippen MR) is 119 cm³/mol. The fourth-order valence-corrected chi connectivity index (χ4v) is 3.91. The summed E-state index contributed by atoms with van der Waals surface area (Å²) < 4.78 is 16.1.